The lowest BCUT2D eigenvalue weighted by atomic mass is 10.0. The van der Waals surface area contributed by atoms with Crippen molar-refractivity contribution in [3.63, 3.8) is 0 Å². The minimum absolute atomic E-state index is 0.00458. The molecule has 0 saturated carbocycles. The van der Waals surface area contributed by atoms with Gasteiger partial charge in [-0.1, -0.05) is 24.3 Å². The summed E-state index contributed by atoms with van der Waals surface area (Å²) in [7, 11) is 3.66. The van der Waals surface area contributed by atoms with Gasteiger partial charge in [-0.15, -0.1) is 0 Å². The summed E-state index contributed by atoms with van der Waals surface area (Å²) in [4.78, 5) is 14.6. The number of hydrogen-bond donors (Lipinski definition) is 1. The fourth-order valence-electron chi connectivity index (χ4n) is 3.05. The second-order valence-electron chi connectivity index (χ2n) is 6.71. The molecule has 4 nitrogen and oxygen atoms in total. The molecule has 134 valence electrons. The minimum atomic E-state index is -0.233. The van der Waals surface area contributed by atoms with Crippen LogP contribution in [0.4, 0.5) is 5.69 Å². The van der Waals surface area contributed by atoms with E-state index in [0.29, 0.717) is 6.54 Å². The number of aryl methyl sites for hydroxylation is 3. The molecule has 0 aromatic heterocycles. The van der Waals surface area contributed by atoms with Gasteiger partial charge in [0, 0.05) is 12.2 Å². The molecule has 2 rings (SSSR count). The predicted octanol–water partition coefficient (Wildman–Crippen LogP) is 4.08. The number of nitrogens with zero attached hydrogens (tertiary/aromatic N) is 1. The number of nitrogens with one attached hydrogen (secondary N) is 1. The number of anilines is 1. The molecule has 0 saturated heterocycles. The van der Waals surface area contributed by atoms with Crippen LogP contribution in [-0.4, -0.2) is 31.0 Å². The van der Waals surface area contributed by atoms with Crippen molar-refractivity contribution in [3.05, 3.63) is 58.7 Å². The normalized spacial score (nSPS) is 12.1. The van der Waals surface area contributed by atoms with Gasteiger partial charge >= 0.3 is 0 Å². The monoisotopic (exact) mass is 340 g/mol. The van der Waals surface area contributed by atoms with Crippen molar-refractivity contribution >= 4 is 11.6 Å². The van der Waals surface area contributed by atoms with E-state index >= 15 is 0 Å². The van der Waals surface area contributed by atoms with Gasteiger partial charge in [0.05, 0.1) is 13.2 Å². The number of likely N-dealkylation sites (N-methyl/N-ethyl adjacent to an activating group) is 1. The van der Waals surface area contributed by atoms with Crippen LogP contribution in [-0.2, 0) is 11.3 Å². The third kappa shape index (κ3) is 4.83. The van der Waals surface area contributed by atoms with Crippen LogP contribution >= 0.6 is 0 Å². The van der Waals surface area contributed by atoms with Gasteiger partial charge < -0.3 is 10.1 Å². The highest BCUT2D eigenvalue weighted by Crippen LogP contribution is 2.25. The van der Waals surface area contributed by atoms with Crippen molar-refractivity contribution < 1.29 is 9.53 Å². The van der Waals surface area contributed by atoms with Crippen LogP contribution in [0.25, 0.3) is 0 Å². The van der Waals surface area contributed by atoms with E-state index in [2.05, 4.69) is 17.4 Å². The maximum Gasteiger partial charge on any atom is 0.241 e. The maximum absolute atomic E-state index is 12.5. The first-order valence-corrected chi connectivity index (χ1v) is 8.53. The molecular weight excluding hydrogens is 312 g/mol. The standard InChI is InChI=1S/C21H28N2O2/c1-14-8-7-9-19(10-14)22-21(24)17(4)23(5)13-18-11-15(2)20(25-6)16(3)12-18/h7-12,17H,13H2,1-6H3,(H,22,24). The first-order valence-electron chi connectivity index (χ1n) is 8.53. The zero-order chi connectivity index (χ0) is 18.6. The summed E-state index contributed by atoms with van der Waals surface area (Å²) >= 11 is 0. The van der Waals surface area contributed by atoms with Gasteiger partial charge in [0.15, 0.2) is 0 Å². The second-order valence-corrected chi connectivity index (χ2v) is 6.71. The van der Waals surface area contributed by atoms with Gasteiger partial charge in [-0.05, 0) is 69.1 Å². The van der Waals surface area contributed by atoms with E-state index < -0.39 is 0 Å². The summed E-state index contributed by atoms with van der Waals surface area (Å²) in [5.74, 6) is 0.923. The molecule has 0 bridgehead atoms. The number of amides is 1. The second kappa shape index (κ2) is 8.17. The van der Waals surface area contributed by atoms with Gasteiger partial charge in [0.1, 0.15) is 5.75 Å². The number of benzene rings is 2. The lowest BCUT2D eigenvalue weighted by molar-refractivity contribution is -0.120. The van der Waals surface area contributed by atoms with E-state index in [1.807, 2.05) is 63.9 Å². The highest BCUT2D eigenvalue weighted by atomic mass is 16.5. The van der Waals surface area contributed by atoms with Crippen molar-refractivity contribution in [1.29, 1.82) is 0 Å². The van der Waals surface area contributed by atoms with Crippen LogP contribution in [0, 0.1) is 20.8 Å². The summed E-state index contributed by atoms with van der Waals surface area (Å²) in [6.07, 6.45) is 0. The lowest BCUT2D eigenvalue weighted by Crippen LogP contribution is -2.39. The van der Waals surface area contributed by atoms with E-state index in [1.165, 1.54) is 5.56 Å². The van der Waals surface area contributed by atoms with Crippen LogP contribution in [0.15, 0.2) is 36.4 Å². The van der Waals surface area contributed by atoms with Crippen LogP contribution < -0.4 is 10.1 Å². The van der Waals surface area contributed by atoms with Crippen molar-refractivity contribution in [2.45, 2.75) is 40.3 Å². The molecule has 1 amide bonds. The topological polar surface area (TPSA) is 41.6 Å². The molecule has 0 spiro atoms. The zero-order valence-electron chi connectivity index (χ0n) is 16.0. The van der Waals surface area contributed by atoms with E-state index in [1.54, 1.807) is 7.11 Å². The van der Waals surface area contributed by atoms with Crippen LogP contribution in [0.1, 0.15) is 29.2 Å². The largest absolute Gasteiger partial charge is 0.496 e. The molecule has 0 radical (unpaired) electrons. The number of carbonyl (C=O) groups excluding carboxylic acids is 1. The molecule has 4 heteroatoms. The fraction of sp³-hybridized carbons (Fsp3) is 0.381. The Kier molecular flexibility index (Phi) is 6.21. The van der Waals surface area contributed by atoms with E-state index in [0.717, 1.165) is 28.1 Å². The molecule has 0 aliphatic heterocycles. The Balaban J connectivity index is 2.04. The molecule has 1 unspecified atom stereocenters. The third-order valence-electron chi connectivity index (χ3n) is 4.48. The van der Waals surface area contributed by atoms with Crippen molar-refractivity contribution in [3.8, 4) is 5.75 Å². The van der Waals surface area contributed by atoms with Crippen molar-refractivity contribution in [2.75, 3.05) is 19.5 Å². The van der Waals surface area contributed by atoms with Crippen molar-refractivity contribution in [2.24, 2.45) is 0 Å². The van der Waals surface area contributed by atoms with Crippen LogP contribution in [0.5, 0.6) is 5.75 Å². The van der Waals surface area contributed by atoms with Gasteiger partial charge in [-0.25, -0.2) is 0 Å². The predicted molar refractivity (Wildman–Crippen MR) is 103 cm³/mol. The Bertz CT molecular complexity index is 732. The molecule has 0 fully saturated rings. The molecule has 0 heterocycles. The van der Waals surface area contributed by atoms with E-state index in [4.69, 9.17) is 4.74 Å². The van der Waals surface area contributed by atoms with Gasteiger partial charge in [0.25, 0.3) is 0 Å². The zero-order valence-corrected chi connectivity index (χ0v) is 16.0. The van der Waals surface area contributed by atoms with Gasteiger partial charge in [0.2, 0.25) is 5.91 Å². The summed E-state index contributed by atoms with van der Waals surface area (Å²) in [5.41, 5.74) is 5.36. The Morgan fingerprint density at radius 1 is 1.16 bits per heavy atom. The molecular formula is C21H28N2O2. The highest BCUT2D eigenvalue weighted by molar-refractivity contribution is 5.94. The van der Waals surface area contributed by atoms with Gasteiger partial charge in [-0.2, -0.15) is 0 Å². The van der Waals surface area contributed by atoms with Crippen LogP contribution in [0.2, 0.25) is 0 Å². The Labute approximate surface area is 150 Å². The number of rotatable bonds is 6. The van der Waals surface area contributed by atoms with E-state index in [-0.39, 0.29) is 11.9 Å². The molecule has 2 aromatic carbocycles. The fourth-order valence-corrected chi connectivity index (χ4v) is 3.05. The number of ether oxygens (including phenoxy) is 1. The maximum atomic E-state index is 12.5. The average molecular weight is 340 g/mol. The SMILES string of the molecule is COc1c(C)cc(CN(C)C(C)C(=O)Nc2cccc(C)c2)cc1C. The Morgan fingerprint density at radius 2 is 1.80 bits per heavy atom. The lowest BCUT2D eigenvalue weighted by Gasteiger charge is -2.24. The quantitative estimate of drug-likeness (QED) is 0.861. The molecule has 0 aliphatic carbocycles. The number of carbonyl (C=O) groups is 1. The summed E-state index contributed by atoms with van der Waals surface area (Å²) in [5, 5.41) is 2.99. The number of hydrogen-bond acceptors (Lipinski definition) is 3. The van der Waals surface area contributed by atoms with Crippen molar-refractivity contribution in [1.82, 2.24) is 4.90 Å². The molecule has 1 atom stereocenters. The molecule has 0 aliphatic rings. The summed E-state index contributed by atoms with van der Waals surface area (Å²) < 4.78 is 5.42. The Morgan fingerprint density at radius 3 is 2.36 bits per heavy atom. The first kappa shape index (κ1) is 19.0. The number of methoxy groups -OCH3 is 1. The first-order chi connectivity index (χ1) is 11.8. The smallest absolute Gasteiger partial charge is 0.241 e. The highest BCUT2D eigenvalue weighted by Gasteiger charge is 2.19. The average Bonchev–Trinajstić information content (AvgIpc) is 2.53. The summed E-state index contributed by atoms with van der Waals surface area (Å²) in [6, 6.07) is 11.8. The van der Waals surface area contributed by atoms with E-state index in [9.17, 15) is 4.79 Å². The van der Waals surface area contributed by atoms with Gasteiger partial charge in [-0.3, -0.25) is 9.69 Å². The molecule has 2 aromatic rings. The Hall–Kier alpha value is -2.33. The molecule has 1 N–H and O–H groups in total. The van der Waals surface area contributed by atoms with Crippen LogP contribution in [0.3, 0.4) is 0 Å². The third-order valence-corrected chi connectivity index (χ3v) is 4.48. The molecule has 25 heavy (non-hydrogen) atoms. The minimum Gasteiger partial charge on any atom is -0.496 e. The summed E-state index contributed by atoms with van der Waals surface area (Å²) in [6.45, 7) is 8.73.